The number of nitrogens with one attached hydrogen (secondary N) is 2. The van der Waals surface area contributed by atoms with Crippen molar-refractivity contribution in [3.63, 3.8) is 0 Å². The molecule has 0 aliphatic carbocycles. The lowest BCUT2D eigenvalue weighted by molar-refractivity contribution is 0.627. The number of benzene rings is 1. The number of anilines is 2. The maximum atomic E-state index is 13.0. The largest absolute Gasteiger partial charge is 0.325 e. The summed E-state index contributed by atoms with van der Waals surface area (Å²) >= 11 is 1.35. The number of rotatable bonds is 2. The minimum atomic E-state index is -0.294. The number of fused-ring (bicyclic) bond motifs is 1. The van der Waals surface area contributed by atoms with Crippen LogP contribution in [0.3, 0.4) is 0 Å². The Balaban J connectivity index is 2.03. The molecule has 96 valence electrons. The van der Waals surface area contributed by atoms with Crippen LogP contribution in [-0.2, 0) is 0 Å². The van der Waals surface area contributed by atoms with Crippen molar-refractivity contribution >= 4 is 33.2 Å². The minimum Gasteiger partial charge on any atom is -0.325 e. The van der Waals surface area contributed by atoms with Crippen LogP contribution in [-0.4, -0.2) is 9.97 Å². The summed E-state index contributed by atoms with van der Waals surface area (Å²) in [6.07, 6.45) is 0. The number of halogens is 1. The van der Waals surface area contributed by atoms with E-state index in [1.54, 1.807) is 19.1 Å². The predicted molar refractivity (Wildman–Crippen MR) is 74.7 cm³/mol. The van der Waals surface area contributed by atoms with Gasteiger partial charge >= 0.3 is 0 Å². The Morgan fingerprint density at radius 3 is 3.00 bits per heavy atom. The molecule has 2 heterocycles. The third-order valence-corrected chi connectivity index (χ3v) is 3.66. The molecular formula is C13H10FN3OS. The molecule has 0 atom stereocenters. The zero-order valence-electron chi connectivity index (χ0n) is 10.0. The van der Waals surface area contributed by atoms with Crippen molar-refractivity contribution in [1.29, 1.82) is 0 Å². The molecule has 0 aliphatic heterocycles. The molecule has 0 unspecified atom stereocenters. The van der Waals surface area contributed by atoms with Gasteiger partial charge in [0.2, 0.25) is 5.95 Å². The van der Waals surface area contributed by atoms with E-state index in [1.807, 2.05) is 5.38 Å². The highest BCUT2D eigenvalue weighted by Crippen LogP contribution is 2.20. The molecule has 0 saturated carbocycles. The topological polar surface area (TPSA) is 57.8 Å². The summed E-state index contributed by atoms with van der Waals surface area (Å²) < 4.78 is 13.6. The molecule has 0 fully saturated rings. The second-order valence-corrected chi connectivity index (χ2v) is 5.05. The number of aromatic nitrogens is 2. The van der Waals surface area contributed by atoms with Crippen LogP contribution in [0.25, 0.3) is 10.2 Å². The van der Waals surface area contributed by atoms with E-state index in [0.29, 0.717) is 21.9 Å². The van der Waals surface area contributed by atoms with E-state index in [-0.39, 0.29) is 11.4 Å². The molecule has 6 heteroatoms. The van der Waals surface area contributed by atoms with Crippen molar-refractivity contribution in [2.45, 2.75) is 6.92 Å². The zero-order valence-corrected chi connectivity index (χ0v) is 10.8. The molecular weight excluding hydrogens is 265 g/mol. The summed E-state index contributed by atoms with van der Waals surface area (Å²) in [6, 6.07) is 6.18. The van der Waals surface area contributed by atoms with Crippen molar-refractivity contribution < 1.29 is 4.39 Å². The van der Waals surface area contributed by atoms with Gasteiger partial charge in [-0.05, 0) is 42.1 Å². The molecule has 0 bridgehead atoms. The van der Waals surface area contributed by atoms with Gasteiger partial charge in [0, 0.05) is 5.69 Å². The second kappa shape index (κ2) is 4.47. The first-order valence-corrected chi connectivity index (χ1v) is 6.52. The molecule has 2 aromatic heterocycles. The van der Waals surface area contributed by atoms with Gasteiger partial charge in [0.25, 0.3) is 5.56 Å². The number of thiophene rings is 1. The van der Waals surface area contributed by atoms with Crippen LogP contribution >= 0.6 is 11.3 Å². The molecule has 2 N–H and O–H groups in total. The molecule has 1 aromatic carbocycles. The van der Waals surface area contributed by atoms with Gasteiger partial charge in [-0.25, -0.2) is 9.37 Å². The number of hydrogen-bond donors (Lipinski definition) is 2. The lowest BCUT2D eigenvalue weighted by Gasteiger charge is -2.08. The summed E-state index contributed by atoms with van der Waals surface area (Å²) in [5.41, 5.74) is 1.92. The highest BCUT2D eigenvalue weighted by atomic mass is 32.1. The third-order valence-electron chi connectivity index (χ3n) is 2.76. The zero-order chi connectivity index (χ0) is 13.4. The summed E-state index contributed by atoms with van der Waals surface area (Å²) in [5.74, 6) is 0.0587. The second-order valence-electron chi connectivity index (χ2n) is 4.13. The van der Waals surface area contributed by atoms with Crippen LogP contribution in [0.5, 0.6) is 0 Å². The first-order valence-electron chi connectivity index (χ1n) is 5.64. The lowest BCUT2D eigenvalue weighted by atomic mass is 10.2. The molecule has 3 rings (SSSR count). The van der Waals surface area contributed by atoms with Crippen LogP contribution < -0.4 is 10.9 Å². The van der Waals surface area contributed by atoms with E-state index in [1.165, 1.54) is 23.5 Å². The Morgan fingerprint density at radius 1 is 1.37 bits per heavy atom. The van der Waals surface area contributed by atoms with Crippen molar-refractivity contribution in [2.24, 2.45) is 0 Å². The van der Waals surface area contributed by atoms with E-state index in [9.17, 15) is 9.18 Å². The van der Waals surface area contributed by atoms with Crippen LogP contribution in [0.15, 0.2) is 34.4 Å². The molecule has 19 heavy (non-hydrogen) atoms. The maximum Gasteiger partial charge on any atom is 0.270 e. The monoisotopic (exact) mass is 275 g/mol. The Labute approximate surface area is 111 Å². The summed E-state index contributed by atoms with van der Waals surface area (Å²) in [4.78, 5) is 18.8. The smallest absolute Gasteiger partial charge is 0.270 e. The average Bonchev–Trinajstić information content (AvgIpc) is 2.81. The van der Waals surface area contributed by atoms with Gasteiger partial charge < -0.3 is 5.32 Å². The van der Waals surface area contributed by atoms with Crippen LogP contribution in [0, 0.1) is 12.7 Å². The highest BCUT2D eigenvalue weighted by molar-refractivity contribution is 7.17. The van der Waals surface area contributed by atoms with Crippen LogP contribution in [0.2, 0.25) is 0 Å². The van der Waals surface area contributed by atoms with Gasteiger partial charge in [-0.3, -0.25) is 9.78 Å². The maximum absolute atomic E-state index is 13.0. The SMILES string of the molecule is Cc1cc(F)ccc1Nc1nc2ccsc2c(=O)[nH]1. The quantitative estimate of drug-likeness (QED) is 0.755. The Morgan fingerprint density at radius 2 is 2.21 bits per heavy atom. The third kappa shape index (κ3) is 2.22. The first-order chi connectivity index (χ1) is 9.13. The Kier molecular flexibility index (Phi) is 2.79. The number of hydrogen-bond acceptors (Lipinski definition) is 4. The fourth-order valence-corrected chi connectivity index (χ4v) is 2.55. The number of aromatic amines is 1. The molecule has 0 amide bonds. The van der Waals surface area contributed by atoms with Crippen molar-refractivity contribution in [2.75, 3.05) is 5.32 Å². The first kappa shape index (κ1) is 11.9. The summed E-state index contributed by atoms with van der Waals surface area (Å²) in [7, 11) is 0. The van der Waals surface area contributed by atoms with Gasteiger partial charge in [0.05, 0.1) is 5.52 Å². The van der Waals surface area contributed by atoms with Crippen molar-refractivity contribution in [3.05, 3.63) is 51.4 Å². The highest BCUT2D eigenvalue weighted by Gasteiger charge is 2.06. The molecule has 4 nitrogen and oxygen atoms in total. The molecule has 0 spiro atoms. The van der Waals surface area contributed by atoms with E-state index in [2.05, 4.69) is 15.3 Å². The van der Waals surface area contributed by atoms with E-state index < -0.39 is 0 Å². The van der Waals surface area contributed by atoms with Gasteiger partial charge in [0.15, 0.2) is 0 Å². The van der Waals surface area contributed by atoms with Gasteiger partial charge in [-0.15, -0.1) is 11.3 Å². The molecule has 3 aromatic rings. The van der Waals surface area contributed by atoms with E-state index in [4.69, 9.17) is 0 Å². The van der Waals surface area contributed by atoms with Crippen LogP contribution in [0.4, 0.5) is 16.0 Å². The van der Waals surface area contributed by atoms with Crippen LogP contribution in [0.1, 0.15) is 5.56 Å². The molecule has 0 saturated heterocycles. The van der Waals surface area contributed by atoms with E-state index >= 15 is 0 Å². The van der Waals surface area contributed by atoms with E-state index in [0.717, 1.165) is 5.56 Å². The number of nitrogens with zero attached hydrogens (tertiary/aromatic N) is 1. The van der Waals surface area contributed by atoms with Crippen molar-refractivity contribution in [3.8, 4) is 0 Å². The fourth-order valence-electron chi connectivity index (χ4n) is 1.83. The number of H-pyrrole nitrogens is 1. The van der Waals surface area contributed by atoms with Gasteiger partial charge in [0.1, 0.15) is 10.5 Å². The van der Waals surface area contributed by atoms with Crippen molar-refractivity contribution in [1.82, 2.24) is 9.97 Å². The molecule has 0 radical (unpaired) electrons. The molecule has 0 aliphatic rings. The number of aryl methyl sites for hydroxylation is 1. The minimum absolute atomic E-state index is 0.178. The van der Waals surface area contributed by atoms with Gasteiger partial charge in [-0.1, -0.05) is 0 Å². The summed E-state index contributed by atoms with van der Waals surface area (Å²) in [6.45, 7) is 1.78. The fraction of sp³-hybridized carbons (Fsp3) is 0.0769. The Bertz CT molecular complexity index is 809. The standard InChI is InChI=1S/C13H10FN3OS/c1-7-6-8(14)2-3-9(7)15-13-16-10-4-5-19-11(10)12(18)17-13/h2-6H,1H3,(H2,15,16,17,18). The Hall–Kier alpha value is -2.21. The summed E-state index contributed by atoms with van der Waals surface area (Å²) in [5, 5.41) is 4.81. The lowest BCUT2D eigenvalue weighted by Crippen LogP contribution is -2.10. The predicted octanol–water partition coefficient (Wildman–Crippen LogP) is 3.18. The normalized spacial score (nSPS) is 10.8. The van der Waals surface area contributed by atoms with Gasteiger partial charge in [-0.2, -0.15) is 0 Å². The average molecular weight is 275 g/mol.